The number of fused-ring (bicyclic) bond motifs is 1. The first-order valence-electron chi connectivity index (χ1n) is 7.44. The second kappa shape index (κ2) is 7.44. The van der Waals surface area contributed by atoms with Gasteiger partial charge in [-0.15, -0.1) is 11.3 Å². The molecule has 0 fully saturated rings. The van der Waals surface area contributed by atoms with Gasteiger partial charge in [0.2, 0.25) is 0 Å². The lowest BCUT2D eigenvalue weighted by atomic mass is 10.2. The van der Waals surface area contributed by atoms with Crippen LogP contribution in [0.4, 0.5) is 5.69 Å². The molecule has 128 valence electrons. The maximum Gasteiger partial charge on any atom is 0.283 e. The predicted octanol–water partition coefficient (Wildman–Crippen LogP) is 5.04. The molecule has 3 aromatic rings. The van der Waals surface area contributed by atoms with Crippen LogP contribution in [0.25, 0.3) is 10.1 Å². The Hall–Kier alpha value is -2.08. The second-order valence-electron chi connectivity index (χ2n) is 5.57. The van der Waals surface area contributed by atoms with Crippen molar-refractivity contribution < 1.29 is 4.79 Å². The number of hydrogen-bond acceptors (Lipinski definition) is 4. The van der Waals surface area contributed by atoms with E-state index in [1.165, 1.54) is 11.3 Å². The first-order chi connectivity index (χ1) is 12.0. The molecule has 1 aromatic heterocycles. The zero-order valence-corrected chi connectivity index (χ0v) is 15.9. The number of benzene rings is 2. The lowest BCUT2D eigenvalue weighted by molar-refractivity contribution is 0.0959. The van der Waals surface area contributed by atoms with E-state index in [1.807, 2.05) is 49.3 Å². The zero-order valence-electron chi connectivity index (χ0n) is 13.6. The third-order valence-electron chi connectivity index (χ3n) is 3.58. The molecule has 2 aromatic carbocycles. The highest BCUT2D eigenvalue weighted by atomic mass is 35.5. The molecular formula is C18H15Cl2N3OS. The van der Waals surface area contributed by atoms with Crippen LogP contribution in [0.2, 0.25) is 10.0 Å². The van der Waals surface area contributed by atoms with E-state index in [1.54, 1.807) is 18.3 Å². The van der Waals surface area contributed by atoms with Crippen LogP contribution in [0.15, 0.2) is 47.6 Å². The van der Waals surface area contributed by atoms with Crippen molar-refractivity contribution in [1.29, 1.82) is 0 Å². The molecule has 0 bridgehead atoms. The summed E-state index contributed by atoms with van der Waals surface area (Å²) in [5, 5.41) is 5.75. The SMILES string of the molecule is CN(C)c1ccc(/C=N/NC(=O)c2sc3ccc(Cl)cc3c2Cl)cc1. The lowest BCUT2D eigenvalue weighted by Crippen LogP contribution is -2.16. The maximum atomic E-state index is 12.3. The van der Waals surface area contributed by atoms with E-state index in [0.29, 0.717) is 14.9 Å². The molecule has 0 saturated carbocycles. The monoisotopic (exact) mass is 391 g/mol. The average molecular weight is 392 g/mol. The molecule has 4 nitrogen and oxygen atoms in total. The Morgan fingerprint density at radius 2 is 1.88 bits per heavy atom. The molecular weight excluding hydrogens is 377 g/mol. The van der Waals surface area contributed by atoms with Crippen LogP contribution in [0.1, 0.15) is 15.2 Å². The number of nitrogens with zero attached hydrogens (tertiary/aromatic N) is 2. The summed E-state index contributed by atoms with van der Waals surface area (Å²) >= 11 is 13.6. The minimum atomic E-state index is -0.344. The number of carbonyl (C=O) groups excluding carboxylic acids is 1. The minimum absolute atomic E-state index is 0.344. The Morgan fingerprint density at radius 1 is 1.16 bits per heavy atom. The minimum Gasteiger partial charge on any atom is -0.378 e. The van der Waals surface area contributed by atoms with Crippen LogP contribution in [0, 0.1) is 0 Å². The summed E-state index contributed by atoms with van der Waals surface area (Å²) < 4.78 is 0.905. The summed E-state index contributed by atoms with van der Waals surface area (Å²) in [6.45, 7) is 0. The quantitative estimate of drug-likeness (QED) is 0.500. The predicted molar refractivity (Wildman–Crippen MR) is 108 cm³/mol. The molecule has 0 spiro atoms. The van der Waals surface area contributed by atoms with Crippen molar-refractivity contribution in [3.63, 3.8) is 0 Å². The normalized spacial score (nSPS) is 11.2. The zero-order chi connectivity index (χ0) is 18.0. The smallest absolute Gasteiger partial charge is 0.283 e. The molecule has 1 N–H and O–H groups in total. The summed E-state index contributed by atoms with van der Waals surface area (Å²) in [6, 6.07) is 13.2. The molecule has 25 heavy (non-hydrogen) atoms. The Balaban J connectivity index is 1.73. The van der Waals surface area contributed by atoms with E-state index in [-0.39, 0.29) is 5.91 Å². The van der Waals surface area contributed by atoms with Gasteiger partial charge in [-0.3, -0.25) is 4.79 Å². The molecule has 1 heterocycles. The van der Waals surface area contributed by atoms with Gasteiger partial charge in [0, 0.05) is 34.9 Å². The average Bonchev–Trinajstić information content (AvgIpc) is 2.92. The lowest BCUT2D eigenvalue weighted by Gasteiger charge is -2.11. The van der Waals surface area contributed by atoms with Crippen molar-refractivity contribution in [3.8, 4) is 0 Å². The molecule has 0 aliphatic heterocycles. The Morgan fingerprint density at radius 3 is 2.56 bits per heavy atom. The van der Waals surface area contributed by atoms with Gasteiger partial charge in [0.05, 0.1) is 11.2 Å². The van der Waals surface area contributed by atoms with Gasteiger partial charge in [-0.1, -0.05) is 35.3 Å². The van der Waals surface area contributed by atoms with Crippen LogP contribution < -0.4 is 10.3 Å². The molecule has 0 radical (unpaired) electrons. The van der Waals surface area contributed by atoms with Gasteiger partial charge in [-0.25, -0.2) is 5.43 Å². The number of halogens is 2. The van der Waals surface area contributed by atoms with E-state index in [2.05, 4.69) is 10.5 Å². The topological polar surface area (TPSA) is 44.7 Å². The first kappa shape index (κ1) is 17.7. The standard InChI is InChI=1S/C18H15Cl2N3OS/c1-23(2)13-6-3-11(4-7-13)10-21-22-18(24)17-16(20)14-9-12(19)5-8-15(14)25-17/h3-10H,1-2H3,(H,22,24)/b21-10+. The van der Waals surface area contributed by atoms with Crippen molar-refractivity contribution in [3.05, 3.63) is 63.0 Å². The van der Waals surface area contributed by atoms with Gasteiger partial charge in [0.1, 0.15) is 4.88 Å². The fourth-order valence-corrected chi connectivity index (χ4v) is 3.81. The fraction of sp³-hybridized carbons (Fsp3) is 0.111. The number of anilines is 1. The summed E-state index contributed by atoms with van der Waals surface area (Å²) in [7, 11) is 3.95. The van der Waals surface area contributed by atoms with Gasteiger partial charge in [-0.05, 0) is 35.9 Å². The molecule has 0 saturated heterocycles. The second-order valence-corrected chi connectivity index (χ2v) is 7.44. The van der Waals surface area contributed by atoms with Crippen LogP contribution in [0.3, 0.4) is 0 Å². The van der Waals surface area contributed by atoms with E-state index in [0.717, 1.165) is 21.3 Å². The molecule has 0 aliphatic carbocycles. The number of amides is 1. The Kier molecular flexibility index (Phi) is 5.27. The summed E-state index contributed by atoms with van der Waals surface area (Å²) in [5.41, 5.74) is 4.50. The van der Waals surface area contributed by atoms with Gasteiger partial charge in [0.25, 0.3) is 5.91 Å². The largest absolute Gasteiger partial charge is 0.378 e. The summed E-state index contributed by atoms with van der Waals surface area (Å²) in [4.78, 5) is 14.7. The highest BCUT2D eigenvalue weighted by molar-refractivity contribution is 7.21. The van der Waals surface area contributed by atoms with E-state index in [9.17, 15) is 4.79 Å². The van der Waals surface area contributed by atoms with Gasteiger partial charge >= 0.3 is 0 Å². The number of nitrogens with one attached hydrogen (secondary N) is 1. The molecule has 7 heteroatoms. The van der Waals surface area contributed by atoms with Crippen molar-refractivity contribution >= 4 is 62.4 Å². The van der Waals surface area contributed by atoms with E-state index < -0.39 is 0 Å². The van der Waals surface area contributed by atoms with Crippen molar-refractivity contribution in [1.82, 2.24) is 5.43 Å². The van der Waals surface area contributed by atoms with Crippen molar-refractivity contribution in [2.75, 3.05) is 19.0 Å². The van der Waals surface area contributed by atoms with E-state index >= 15 is 0 Å². The first-order valence-corrected chi connectivity index (χ1v) is 9.01. The number of hydrogen-bond donors (Lipinski definition) is 1. The molecule has 1 amide bonds. The summed E-state index contributed by atoms with van der Waals surface area (Å²) in [5.74, 6) is -0.344. The Bertz CT molecular complexity index is 949. The third kappa shape index (κ3) is 3.95. The van der Waals surface area contributed by atoms with Gasteiger partial charge in [0.15, 0.2) is 0 Å². The van der Waals surface area contributed by atoms with Crippen LogP contribution in [-0.2, 0) is 0 Å². The molecule has 0 unspecified atom stereocenters. The molecule has 3 rings (SSSR count). The van der Waals surface area contributed by atoms with Gasteiger partial charge < -0.3 is 4.90 Å². The van der Waals surface area contributed by atoms with Crippen LogP contribution in [-0.4, -0.2) is 26.2 Å². The van der Waals surface area contributed by atoms with Crippen LogP contribution >= 0.6 is 34.5 Å². The van der Waals surface area contributed by atoms with Crippen LogP contribution in [0.5, 0.6) is 0 Å². The summed E-state index contributed by atoms with van der Waals surface area (Å²) in [6.07, 6.45) is 1.59. The number of carbonyl (C=O) groups is 1. The van der Waals surface area contributed by atoms with Gasteiger partial charge in [-0.2, -0.15) is 5.10 Å². The Labute approximate surface area is 159 Å². The third-order valence-corrected chi connectivity index (χ3v) is 5.49. The molecule has 0 aliphatic rings. The van der Waals surface area contributed by atoms with E-state index in [4.69, 9.17) is 23.2 Å². The maximum absolute atomic E-state index is 12.3. The highest BCUT2D eigenvalue weighted by Gasteiger charge is 2.16. The number of thiophene rings is 1. The number of hydrazone groups is 1. The highest BCUT2D eigenvalue weighted by Crippen LogP contribution is 2.36. The van der Waals surface area contributed by atoms with Crippen molar-refractivity contribution in [2.24, 2.45) is 5.10 Å². The number of rotatable bonds is 4. The fourth-order valence-electron chi connectivity index (χ4n) is 2.26. The molecule has 0 atom stereocenters. The van der Waals surface area contributed by atoms with Crippen molar-refractivity contribution in [2.45, 2.75) is 0 Å².